The molecule has 0 aromatic heterocycles. The highest BCUT2D eigenvalue weighted by atomic mass is 16.2. The van der Waals surface area contributed by atoms with Gasteiger partial charge in [0.05, 0.1) is 0 Å². The first kappa shape index (κ1) is 17.0. The van der Waals surface area contributed by atoms with Crippen molar-refractivity contribution in [2.24, 2.45) is 5.92 Å². The molecule has 0 spiro atoms. The fraction of sp³-hybridized carbons (Fsp3) is 0.875. The fourth-order valence-corrected chi connectivity index (χ4v) is 2.95. The third-order valence-electron chi connectivity index (χ3n) is 4.45. The summed E-state index contributed by atoms with van der Waals surface area (Å²) in [6, 6.07) is -0.00497. The van der Waals surface area contributed by atoms with Crippen LogP contribution in [0.4, 0.5) is 0 Å². The Bertz CT molecular complexity index is 348. The van der Waals surface area contributed by atoms with Gasteiger partial charge in [-0.25, -0.2) is 0 Å². The first-order valence-electron chi connectivity index (χ1n) is 7.98. The molecule has 1 aliphatic rings. The number of hydrogen-bond acceptors (Lipinski definition) is 2. The van der Waals surface area contributed by atoms with Crippen LogP contribution >= 0.6 is 0 Å². The van der Waals surface area contributed by atoms with Crippen molar-refractivity contribution < 1.29 is 9.59 Å². The lowest BCUT2D eigenvalue weighted by Crippen LogP contribution is -2.57. The highest BCUT2D eigenvalue weighted by molar-refractivity contribution is 5.93. The van der Waals surface area contributed by atoms with E-state index in [1.807, 2.05) is 25.7 Å². The molecule has 0 saturated carbocycles. The first-order chi connectivity index (χ1) is 9.36. The molecule has 0 aliphatic carbocycles. The Hall–Kier alpha value is -1.06. The second-order valence-corrected chi connectivity index (χ2v) is 6.43. The molecule has 0 aromatic rings. The van der Waals surface area contributed by atoms with Gasteiger partial charge in [0.15, 0.2) is 0 Å². The van der Waals surface area contributed by atoms with Gasteiger partial charge in [0.2, 0.25) is 11.8 Å². The van der Waals surface area contributed by atoms with E-state index in [9.17, 15) is 9.59 Å². The smallest absolute Gasteiger partial charge is 0.248 e. The van der Waals surface area contributed by atoms with E-state index < -0.39 is 5.54 Å². The van der Waals surface area contributed by atoms with E-state index in [0.29, 0.717) is 25.2 Å². The Morgan fingerprint density at radius 3 is 2.40 bits per heavy atom. The highest BCUT2D eigenvalue weighted by Gasteiger charge is 2.43. The average Bonchev–Trinajstić information content (AvgIpc) is 2.47. The predicted octanol–water partition coefficient (Wildman–Crippen LogP) is 2.72. The molecular weight excluding hydrogens is 252 g/mol. The van der Waals surface area contributed by atoms with Crippen LogP contribution in [0.15, 0.2) is 0 Å². The number of carbonyl (C=O) groups is 2. The molecule has 1 rings (SSSR count). The maximum Gasteiger partial charge on any atom is 0.248 e. The minimum Gasteiger partial charge on any atom is -0.342 e. The molecule has 1 unspecified atom stereocenters. The Labute approximate surface area is 123 Å². The molecule has 1 heterocycles. The van der Waals surface area contributed by atoms with E-state index in [4.69, 9.17) is 0 Å². The molecule has 1 atom stereocenters. The number of amides is 2. The summed E-state index contributed by atoms with van der Waals surface area (Å²) in [5.74, 6) is 0.750. The summed E-state index contributed by atoms with van der Waals surface area (Å²) >= 11 is 0. The van der Waals surface area contributed by atoms with Crippen molar-refractivity contribution in [3.63, 3.8) is 0 Å². The Morgan fingerprint density at radius 2 is 1.90 bits per heavy atom. The molecule has 20 heavy (non-hydrogen) atoms. The summed E-state index contributed by atoms with van der Waals surface area (Å²) in [4.78, 5) is 26.8. The van der Waals surface area contributed by atoms with Gasteiger partial charge in [0.1, 0.15) is 5.54 Å². The van der Waals surface area contributed by atoms with Gasteiger partial charge >= 0.3 is 0 Å². The molecular formula is C16H30N2O2. The van der Waals surface area contributed by atoms with E-state index in [1.54, 1.807) is 0 Å². The van der Waals surface area contributed by atoms with Crippen LogP contribution in [0.1, 0.15) is 66.7 Å². The van der Waals surface area contributed by atoms with Gasteiger partial charge in [0.25, 0.3) is 0 Å². The maximum atomic E-state index is 12.9. The number of nitrogens with zero attached hydrogens (tertiary/aromatic N) is 1. The fourth-order valence-electron chi connectivity index (χ4n) is 2.95. The van der Waals surface area contributed by atoms with Crippen molar-refractivity contribution in [3.05, 3.63) is 0 Å². The summed E-state index contributed by atoms with van der Waals surface area (Å²) in [6.07, 6.45) is 3.84. The summed E-state index contributed by atoms with van der Waals surface area (Å²) in [7, 11) is 0. The normalized spacial score (nSPS) is 22.9. The zero-order chi connectivity index (χ0) is 15.3. The van der Waals surface area contributed by atoms with Gasteiger partial charge in [-0.3, -0.25) is 9.59 Å². The topological polar surface area (TPSA) is 49.4 Å². The zero-order valence-corrected chi connectivity index (χ0v) is 13.7. The van der Waals surface area contributed by atoms with Crippen LogP contribution in [-0.2, 0) is 9.59 Å². The maximum absolute atomic E-state index is 12.9. The van der Waals surface area contributed by atoms with Crippen LogP contribution in [0.25, 0.3) is 0 Å². The zero-order valence-electron chi connectivity index (χ0n) is 13.7. The third kappa shape index (κ3) is 3.74. The number of carbonyl (C=O) groups excluding carboxylic acids is 2. The lowest BCUT2D eigenvalue weighted by Gasteiger charge is -2.35. The number of hydrogen-bond donors (Lipinski definition) is 1. The molecule has 0 aromatic carbocycles. The van der Waals surface area contributed by atoms with Gasteiger partial charge in [-0.2, -0.15) is 0 Å². The molecule has 116 valence electrons. The Morgan fingerprint density at radius 1 is 1.30 bits per heavy atom. The van der Waals surface area contributed by atoms with Crippen molar-refractivity contribution in [1.29, 1.82) is 0 Å². The van der Waals surface area contributed by atoms with E-state index in [0.717, 1.165) is 19.4 Å². The van der Waals surface area contributed by atoms with E-state index in [-0.39, 0.29) is 17.9 Å². The van der Waals surface area contributed by atoms with E-state index in [2.05, 4.69) is 19.2 Å². The van der Waals surface area contributed by atoms with Crippen molar-refractivity contribution in [1.82, 2.24) is 10.2 Å². The van der Waals surface area contributed by atoms with Gasteiger partial charge in [-0.15, -0.1) is 0 Å². The minimum absolute atomic E-state index is 0.000842. The van der Waals surface area contributed by atoms with Gasteiger partial charge < -0.3 is 10.2 Å². The second-order valence-electron chi connectivity index (χ2n) is 6.43. The molecule has 1 N–H and O–H groups in total. The molecule has 0 bridgehead atoms. The Kier molecular flexibility index (Phi) is 6.03. The average molecular weight is 282 g/mol. The lowest BCUT2D eigenvalue weighted by molar-refractivity contribution is -0.140. The van der Waals surface area contributed by atoms with Gasteiger partial charge in [-0.05, 0) is 38.5 Å². The number of nitrogens with one attached hydrogen (secondary N) is 1. The quantitative estimate of drug-likeness (QED) is 0.814. The van der Waals surface area contributed by atoms with Crippen molar-refractivity contribution in [2.45, 2.75) is 78.3 Å². The summed E-state index contributed by atoms with van der Waals surface area (Å²) < 4.78 is 0. The third-order valence-corrected chi connectivity index (χ3v) is 4.45. The minimum atomic E-state index is -0.695. The van der Waals surface area contributed by atoms with Gasteiger partial charge in [-0.1, -0.05) is 27.7 Å². The lowest BCUT2D eigenvalue weighted by atomic mass is 9.91. The largest absolute Gasteiger partial charge is 0.342 e. The Balaban J connectivity index is 2.89. The first-order valence-corrected chi connectivity index (χ1v) is 7.98. The molecule has 1 saturated heterocycles. The molecule has 1 fully saturated rings. The van der Waals surface area contributed by atoms with E-state index >= 15 is 0 Å². The molecule has 0 radical (unpaired) electrons. The van der Waals surface area contributed by atoms with Crippen LogP contribution in [0.2, 0.25) is 0 Å². The van der Waals surface area contributed by atoms with Crippen LogP contribution in [0.3, 0.4) is 0 Å². The summed E-state index contributed by atoms with van der Waals surface area (Å²) in [5.41, 5.74) is -0.695. The monoisotopic (exact) mass is 282 g/mol. The van der Waals surface area contributed by atoms with Crippen LogP contribution < -0.4 is 5.32 Å². The molecule has 4 heteroatoms. The molecule has 4 nitrogen and oxygen atoms in total. The number of rotatable bonds is 6. The highest BCUT2D eigenvalue weighted by Crippen LogP contribution is 2.25. The van der Waals surface area contributed by atoms with Crippen molar-refractivity contribution in [3.8, 4) is 0 Å². The van der Waals surface area contributed by atoms with E-state index in [1.165, 1.54) is 0 Å². The van der Waals surface area contributed by atoms with Crippen LogP contribution in [-0.4, -0.2) is 34.8 Å². The SMILES string of the molecule is CCC1(CC)NC(=O)CC(C)N(CCCC(C)C)C1=O. The summed E-state index contributed by atoms with van der Waals surface area (Å²) in [6.45, 7) is 11.1. The van der Waals surface area contributed by atoms with Crippen molar-refractivity contribution in [2.75, 3.05) is 6.54 Å². The molecule has 2 amide bonds. The second kappa shape index (κ2) is 7.09. The molecule has 1 aliphatic heterocycles. The van der Waals surface area contributed by atoms with Crippen LogP contribution in [0, 0.1) is 5.92 Å². The summed E-state index contributed by atoms with van der Waals surface area (Å²) in [5, 5.41) is 2.97. The standard InChI is InChI=1S/C16H30N2O2/c1-6-16(7-2)15(20)18(10-8-9-12(3)4)13(5)11-14(19)17-16/h12-13H,6-11H2,1-5H3,(H,17,19). The van der Waals surface area contributed by atoms with Crippen molar-refractivity contribution >= 4 is 11.8 Å². The van der Waals surface area contributed by atoms with Crippen LogP contribution in [0.5, 0.6) is 0 Å². The van der Waals surface area contributed by atoms with Gasteiger partial charge in [0, 0.05) is 19.0 Å². The predicted molar refractivity (Wildman–Crippen MR) is 81.3 cm³/mol.